The summed E-state index contributed by atoms with van der Waals surface area (Å²) in [7, 11) is 3.21. The van der Waals surface area contributed by atoms with Gasteiger partial charge in [0.1, 0.15) is 6.61 Å². The molecule has 1 aliphatic rings. The van der Waals surface area contributed by atoms with Crippen LogP contribution in [0.15, 0.2) is 42.5 Å². The number of hydrogen-bond donors (Lipinski definition) is 0. The van der Waals surface area contributed by atoms with E-state index in [9.17, 15) is 9.59 Å². The molecule has 6 nitrogen and oxygen atoms in total. The Morgan fingerprint density at radius 1 is 1.03 bits per heavy atom. The quantitative estimate of drug-likeness (QED) is 0.551. The molecule has 158 valence electrons. The first-order valence-corrected chi connectivity index (χ1v) is 10.0. The van der Waals surface area contributed by atoms with Crippen molar-refractivity contribution in [1.29, 1.82) is 0 Å². The van der Waals surface area contributed by atoms with Crippen molar-refractivity contribution < 1.29 is 23.8 Å². The zero-order valence-electron chi connectivity index (χ0n) is 17.7. The van der Waals surface area contributed by atoms with Crippen molar-refractivity contribution in [2.45, 2.75) is 19.8 Å². The fourth-order valence-electron chi connectivity index (χ4n) is 3.90. The number of hydrogen-bond acceptors (Lipinski definition) is 6. The Morgan fingerprint density at radius 2 is 1.81 bits per heavy atom. The Bertz CT molecular complexity index is 1210. The number of esters is 1. The number of fused-ring (bicyclic) bond motifs is 2. The summed E-state index contributed by atoms with van der Waals surface area (Å²) in [5, 5.41) is 0.738. The van der Waals surface area contributed by atoms with E-state index in [1.54, 1.807) is 14.2 Å². The highest BCUT2D eigenvalue weighted by Crippen LogP contribution is 2.38. The molecule has 0 atom stereocenters. The second kappa shape index (κ2) is 8.60. The van der Waals surface area contributed by atoms with Gasteiger partial charge in [-0.15, -0.1) is 0 Å². The Balaban J connectivity index is 1.81. The maximum Gasteiger partial charge on any atom is 0.339 e. The molecule has 6 heteroatoms. The number of ether oxygens (including phenoxy) is 3. The van der Waals surface area contributed by atoms with Crippen LogP contribution in [-0.4, -0.2) is 37.6 Å². The molecule has 0 amide bonds. The number of ketones is 1. The summed E-state index contributed by atoms with van der Waals surface area (Å²) in [6.45, 7) is 1.16. The van der Waals surface area contributed by atoms with Gasteiger partial charge in [-0.3, -0.25) is 4.79 Å². The minimum atomic E-state index is -0.489. The van der Waals surface area contributed by atoms with E-state index in [-0.39, 0.29) is 12.4 Å². The SMILES string of the molecule is COc1ccc(/C=C2\CCc3c2nc2ccccc2c3C(=O)OCC(C)=O)cc1OC. The van der Waals surface area contributed by atoms with Gasteiger partial charge in [0.05, 0.1) is 31.0 Å². The fraction of sp³-hybridized carbons (Fsp3) is 0.240. The van der Waals surface area contributed by atoms with Crippen molar-refractivity contribution in [1.82, 2.24) is 4.98 Å². The Morgan fingerprint density at radius 3 is 2.55 bits per heavy atom. The first-order valence-electron chi connectivity index (χ1n) is 10.0. The molecule has 0 radical (unpaired) electrons. The molecule has 0 saturated heterocycles. The molecule has 0 unspecified atom stereocenters. The van der Waals surface area contributed by atoms with Gasteiger partial charge >= 0.3 is 5.97 Å². The van der Waals surface area contributed by atoms with Gasteiger partial charge in [0, 0.05) is 5.39 Å². The number of methoxy groups -OCH3 is 2. The van der Waals surface area contributed by atoms with Crippen LogP contribution in [0.5, 0.6) is 11.5 Å². The van der Waals surface area contributed by atoms with Crippen LogP contribution in [0.3, 0.4) is 0 Å². The first-order chi connectivity index (χ1) is 15.0. The van der Waals surface area contributed by atoms with Crippen molar-refractivity contribution in [2.24, 2.45) is 0 Å². The number of allylic oxidation sites excluding steroid dienone is 1. The Hall–Kier alpha value is -3.67. The van der Waals surface area contributed by atoms with Gasteiger partial charge < -0.3 is 14.2 Å². The number of carbonyl (C=O) groups is 2. The molecule has 4 rings (SSSR count). The first kappa shape index (κ1) is 20.6. The van der Waals surface area contributed by atoms with Crippen LogP contribution < -0.4 is 9.47 Å². The average molecular weight is 417 g/mol. The molecule has 1 aliphatic carbocycles. The lowest BCUT2D eigenvalue weighted by molar-refractivity contribution is -0.120. The van der Waals surface area contributed by atoms with Crippen LogP contribution in [0.4, 0.5) is 0 Å². The minimum absolute atomic E-state index is 0.197. The maximum absolute atomic E-state index is 12.9. The van der Waals surface area contributed by atoms with Crippen molar-refractivity contribution in [2.75, 3.05) is 20.8 Å². The summed E-state index contributed by atoms with van der Waals surface area (Å²) >= 11 is 0. The minimum Gasteiger partial charge on any atom is -0.493 e. The van der Waals surface area contributed by atoms with Gasteiger partial charge in [-0.2, -0.15) is 0 Å². The summed E-state index contributed by atoms with van der Waals surface area (Å²) in [5.74, 6) is 0.626. The fourth-order valence-corrected chi connectivity index (χ4v) is 3.90. The van der Waals surface area contributed by atoms with E-state index >= 15 is 0 Å². The summed E-state index contributed by atoms with van der Waals surface area (Å²) < 4.78 is 16.0. The highest BCUT2D eigenvalue weighted by Gasteiger charge is 2.27. The zero-order chi connectivity index (χ0) is 22.0. The van der Waals surface area contributed by atoms with Gasteiger partial charge in [0.2, 0.25) is 0 Å². The molecular formula is C25H23NO5. The van der Waals surface area contributed by atoms with Crippen LogP contribution in [0.1, 0.15) is 40.5 Å². The van der Waals surface area contributed by atoms with E-state index < -0.39 is 5.97 Å². The monoisotopic (exact) mass is 417 g/mol. The van der Waals surface area contributed by atoms with E-state index in [1.165, 1.54) is 6.92 Å². The lowest BCUT2D eigenvalue weighted by Gasteiger charge is -2.12. The molecule has 31 heavy (non-hydrogen) atoms. The maximum atomic E-state index is 12.9. The third kappa shape index (κ3) is 4.01. The number of Topliss-reactive ketones (excluding diaryl/α,β-unsaturated/α-hetero) is 1. The van der Waals surface area contributed by atoms with Gasteiger partial charge in [0.15, 0.2) is 17.3 Å². The van der Waals surface area contributed by atoms with E-state index in [1.807, 2.05) is 42.5 Å². The predicted molar refractivity (Wildman–Crippen MR) is 118 cm³/mol. The second-order valence-electron chi connectivity index (χ2n) is 7.39. The highest BCUT2D eigenvalue weighted by atomic mass is 16.5. The van der Waals surface area contributed by atoms with E-state index in [0.717, 1.165) is 39.7 Å². The summed E-state index contributed by atoms with van der Waals surface area (Å²) in [4.78, 5) is 29.1. The Labute approximate surface area is 180 Å². The molecule has 3 aromatic rings. The number of aromatic nitrogens is 1. The van der Waals surface area contributed by atoms with Gasteiger partial charge in [-0.05, 0) is 60.7 Å². The third-order valence-electron chi connectivity index (χ3n) is 5.30. The number of benzene rings is 2. The molecule has 0 fully saturated rings. The van der Waals surface area contributed by atoms with Gasteiger partial charge in [0.25, 0.3) is 0 Å². The van der Waals surface area contributed by atoms with E-state index in [0.29, 0.717) is 23.5 Å². The van der Waals surface area contributed by atoms with Gasteiger partial charge in [-0.25, -0.2) is 9.78 Å². The number of nitrogens with zero attached hydrogens (tertiary/aromatic N) is 1. The Kier molecular flexibility index (Phi) is 5.71. The summed E-state index contributed by atoms with van der Waals surface area (Å²) in [6, 6.07) is 13.2. The van der Waals surface area contributed by atoms with Crippen LogP contribution in [-0.2, 0) is 16.0 Å². The largest absolute Gasteiger partial charge is 0.493 e. The van der Waals surface area contributed by atoms with Crippen LogP contribution in [0, 0.1) is 0 Å². The van der Waals surface area contributed by atoms with E-state index in [4.69, 9.17) is 19.2 Å². The second-order valence-corrected chi connectivity index (χ2v) is 7.39. The number of carbonyl (C=O) groups excluding carboxylic acids is 2. The molecule has 1 heterocycles. The lowest BCUT2D eigenvalue weighted by atomic mass is 10.0. The molecule has 1 aromatic heterocycles. The third-order valence-corrected chi connectivity index (χ3v) is 5.30. The van der Waals surface area contributed by atoms with E-state index in [2.05, 4.69) is 6.08 Å². The summed E-state index contributed by atoms with van der Waals surface area (Å²) in [6.07, 6.45) is 3.48. The molecular weight excluding hydrogens is 394 g/mol. The predicted octanol–water partition coefficient (Wildman–Crippen LogP) is 4.48. The molecule has 0 spiro atoms. The normalized spacial score (nSPS) is 13.8. The van der Waals surface area contributed by atoms with Gasteiger partial charge in [-0.1, -0.05) is 24.3 Å². The van der Waals surface area contributed by atoms with Crippen LogP contribution in [0.2, 0.25) is 0 Å². The molecule has 0 aliphatic heterocycles. The topological polar surface area (TPSA) is 74.7 Å². The lowest BCUT2D eigenvalue weighted by Crippen LogP contribution is -2.14. The van der Waals surface area contributed by atoms with Crippen molar-refractivity contribution >= 4 is 34.3 Å². The van der Waals surface area contributed by atoms with Crippen molar-refractivity contribution in [3.63, 3.8) is 0 Å². The number of rotatable bonds is 6. The molecule has 2 aromatic carbocycles. The number of pyridine rings is 1. The van der Waals surface area contributed by atoms with Crippen LogP contribution >= 0.6 is 0 Å². The van der Waals surface area contributed by atoms with Crippen molar-refractivity contribution in [3.05, 3.63) is 64.8 Å². The average Bonchev–Trinajstić information content (AvgIpc) is 3.17. The van der Waals surface area contributed by atoms with Crippen molar-refractivity contribution in [3.8, 4) is 11.5 Å². The molecule has 0 N–H and O–H groups in total. The van der Waals surface area contributed by atoms with Crippen LogP contribution in [0.25, 0.3) is 22.6 Å². The smallest absolute Gasteiger partial charge is 0.339 e. The highest BCUT2D eigenvalue weighted by molar-refractivity contribution is 6.07. The number of para-hydroxylation sites is 1. The summed E-state index contributed by atoms with van der Waals surface area (Å²) in [5.41, 5.74) is 4.86. The molecule has 0 saturated carbocycles. The molecule has 0 bridgehead atoms. The zero-order valence-corrected chi connectivity index (χ0v) is 17.7. The standard InChI is InChI=1S/C25H23NO5/c1-15(27)14-31-25(28)23-18-6-4-5-7-20(18)26-24-17(9-10-19(23)24)12-16-8-11-21(29-2)22(13-16)30-3/h4-8,11-13H,9-10,14H2,1-3H3/b17-12+.